The van der Waals surface area contributed by atoms with Crippen LogP contribution in [-0.2, 0) is 0 Å². The van der Waals surface area contributed by atoms with E-state index in [0.29, 0.717) is 5.41 Å². The van der Waals surface area contributed by atoms with Crippen molar-refractivity contribution in [3.05, 3.63) is 11.6 Å². The molecule has 0 aliphatic carbocycles. The van der Waals surface area contributed by atoms with Crippen LogP contribution < -0.4 is 0 Å². The standard InChI is InChI=1S/C20H40/c1-8-10-11-19(9-2)16-18(4)13-12-17(3)14-15-20(5,6)7/h11,17-18H,8-10,12-16H2,1-7H3. The van der Waals surface area contributed by atoms with Crippen molar-refractivity contribution in [3.8, 4) is 0 Å². The van der Waals surface area contributed by atoms with E-state index < -0.39 is 0 Å². The Bertz CT molecular complexity index is 254. The van der Waals surface area contributed by atoms with E-state index in [1.165, 1.54) is 51.4 Å². The molecule has 0 aliphatic rings. The van der Waals surface area contributed by atoms with Crippen LogP contribution in [0.4, 0.5) is 0 Å². The molecule has 0 radical (unpaired) electrons. The average molecular weight is 281 g/mol. The van der Waals surface area contributed by atoms with Crippen LogP contribution >= 0.6 is 0 Å². The van der Waals surface area contributed by atoms with Crippen LogP contribution in [0.5, 0.6) is 0 Å². The summed E-state index contributed by atoms with van der Waals surface area (Å²) in [5, 5.41) is 0. The molecule has 120 valence electrons. The van der Waals surface area contributed by atoms with Crippen molar-refractivity contribution in [2.75, 3.05) is 0 Å². The maximum atomic E-state index is 2.49. The second-order valence-corrected chi connectivity index (χ2v) is 8.10. The predicted octanol–water partition coefficient (Wildman–Crippen LogP) is 7.39. The Kier molecular flexibility index (Phi) is 10.3. The minimum Gasteiger partial charge on any atom is -0.0853 e. The quantitative estimate of drug-likeness (QED) is 0.366. The van der Waals surface area contributed by atoms with E-state index in [2.05, 4.69) is 54.5 Å². The van der Waals surface area contributed by atoms with Crippen LogP contribution in [0.15, 0.2) is 11.6 Å². The number of rotatable bonds is 10. The summed E-state index contributed by atoms with van der Waals surface area (Å²) in [7, 11) is 0. The van der Waals surface area contributed by atoms with Crippen LogP contribution in [-0.4, -0.2) is 0 Å². The Morgan fingerprint density at radius 2 is 1.55 bits per heavy atom. The van der Waals surface area contributed by atoms with Gasteiger partial charge in [-0.3, -0.25) is 0 Å². The number of allylic oxidation sites excluding steroid dienone is 2. The van der Waals surface area contributed by atoms with Crippen molar-refractivity contribution in [1.29, 1.82) is 0 Å². The minimum absolute atomic E-state index is 0.498. The molecule has 0 rings (SSSR count). The summed E-state index contributed by atoms with van der Waals surface area (Å²) in [4.78, 5) is 0. The second-order valence-electron chi connectivity index (χ2n) is 8.10. The third-order valence-corrected chi connectivity index (χ3v) is 4.33. The van der Waals surface area contributed by atoms with E-state index in [9.17, 15) is 0 Å². The molecule has 0 heterocycles. The minimum atomic E-state index is 0.498. The van der Waals surface area contributed by atoms with Crippen molar-refractivity contribution < 1.29 is 0 Å². The largest absolute Gasteiger partial charge is 0.0853 e. The van der Waals surface area contributed by atoms with Crippen LogP contribution in [0.2, 0.25) is 0 Å². The molecule has 0 heteroatoms. The van der Waals surface area contributed by atoms with E-state index in [1.54, 1.807) is 5.57 Å². The molecular formula is C20H40. The molecule has 0 amide bonds. The van der Waals surface area contributed by atoms with Gasteiger partial charge in [0.25, 0.3) is 0 Å². The Hall–Kier alpha value is -0.260. The third kappa shape index (κ3) is 11.6. The first kappa shape index (κ1) is 19.7. The summed E-state index contributed by atoms with van der Waals surface area (Å²) in [5.74, 6) is 1.75. The second kappa shape index (κ2) is 10.5. The first-order valence-electron chi connectivity index (χ1n) is 8.96. The van der Waals surface area contributed by atoms with Gasteiger partial charge in [-0.15, -0.1) is 0 Å². The van der Waals surface area contributed by atoms with Crippen molar-refractivity contribution >= 4 is 0 Å². The van der Waals surface area contributed by atoms with Crippen molar-refractivity contribution in [2.45, 2.75) is 99.8 Å². The molecule has 0 aromatic heterocycles. The highest BCUT2D eigenvalue weighted by Crippen LogP contribution is 2.27. The third-order valence-electron chi connectivity index (χ3n) is 4.33. The van der Waals surface area contributed by atoms with Gasteiger partial charge in [0.1, 0.15) is 0 Å². The molecule has 0 bridgehead atoms. The van der Waals surface area contributed by atoms with Crippen LogP contribution in [0.3, 0.4) is 0 Å². The van der Waals surface area contributed by atoms with Crippen LogP contribution in [0.25, 0.3) is 0 Å². The van der Waals surface area contributed by atoms with Crippen molar-refractivity contribution in [2.24, 2.45) is 17.3 Å². The zero-order valence-electron chi connectivity index (χ0n) is 15.4. The number of unbranched alkanes of at least 4 members (excludes halogenated alkanes) is 1. The van der Waals surface area contributed by atoms with Gasteiger partial charge < -0.3 is 0 Å². The first-order chi connectivity index (χ1) is 9.28. The fourth-order valence-electron chi connectivity index (χ4n) is 2.66. The summed E-state index contributed by atoms with van der Waals surface area (Å²) in [6, 6.07) is 0. The van der Waals surface area contributed by atoms with Gasteiger partial charge in [0, 0.05) is 0 Å². The molecule has 0 aliphatic heterocycles. The fourth-order valence-corrected chi connectivity index (χ4v) is 2.66. The molecule has 20 heavy (non-hydrogen) atoms. The lowest BCUT2D eigenvalue weighted by atomic mass is 9.84. The number of hydrogen-bond donors (Lipinski definition) is 0. The molecule has 0 nitrogen and oxygen atoms in total. The topological polar surface area (TPSA) is 0 Å². The average Bonchev–Trinajstić information content (AvgIpc) is 2.37. The highest BCUT2D eigenvalue weighted by molar-refractivity contribution is 5.01. The van der Waals surface area contributed by atoms with Gasteiger partial charge in [0.2, 0.25) is 0 Å². The van der Waals surface area contributed by atoms with Crippen LogP contribution in [0.1, 0.15) is 99.8 Å². The van der Waals surface area contributed by atoms with Crippen molar-refractivity contribution in [3.63, 3.8) is 0 Å². The molecular weight excluding hydrogens is 240 g/mol. The highest BCUT2D eigenvalue weighted by Gasteiger charge is 2.13. The molecule has 0 aromatic rings. The van der Waals surface area contributed by atoms with Gasteiger partial charge in [0.05, 0.1) is 0 Å². The normalized spacial score (nSPS) is 16.2. The smallest absolute Gasteiger partial charge is 0.0295 e. The summed E-state index contributed by atoms with van der Waals surface area (Å²) in [6.07, 6.45) is 13.1. The Labute approximate surface area is 129 Å². The van der Waals surface area contributed by atoms with Gasteiger partial charge in [0.15, 0.2) is 0 Å². The summed E-state index contributed by atoms with van der Waals surface area (Å²) >= 11 is 0. The lowest BCUT2D eigenvalue weighted by Gasteiger charge is -2.22. The Morgan fingerprint density at radius 3 is 2.05 bits per heavy atom. The maximum Gasteiger partial charge on any atom is -0.0295 e. The molecule has 2 unspecified atom stereocenters. The molecule has 0 saturated carbocycles. The molecule has 2 atom stereocenters. The van der Waals surface area contributed by atoms with Crippen LogP contribution in [0, 0.1) is 17.3 Å². The lowest BCUT2D eigenvalue weighted by Crippen LogP contribution is -2.08. The van der Waals surface area contributed by atoms with Gasteiger partial charge in [-0.05, 0) is 42.9 Å². The van der Waals surface area contributed by atoms with Crippen molar-refractivity contribution in [1.82, 2.24) is 0 Å². The predicted molar refractivity (Wildman–Crippen MR) is 94.2 cm³/mol. The zero-order chi connectivity index (χ0) is 15.6. The summed E-state index contributed by atoms with van der Waals surface area (Å²) in [5.41, 5.74) is 2.18. The summed E-state index contributed by atoms with van der Waals surface area (Å²) < 4.78 is 0. The summed E-state index contributed by atoms with van der Waals surface area (Å²) in [6.45, 7) is 16.5. The molecule has 0 spiro atoms. The first-order valence-corrected chi connectivity index (χ1v) is 8.96. The highest BCUT2D eigenvalue weighted by atomic mass is 14.2. The Morgan fingerprint density at radius 1 is 0.950 bits per heavy atom. The molecule has 0 saturated heterocycles. The number of hydrogen-bond acceptors (Lipinski definition) is 0. The lowest BCUT2D eigenvalue weighted by molar-refractivity contribution is 0.311. The monoisotopic (exact) mass is 280 g/mol. The SMILES string of the molecule is CCCC=C(CC)CC(C)CCC(C)CCC(C)(C)C. The molecule has 0 aromatic carbocycles. The van der Waals surface area contributed by atoms with E-state index in [1.807, 2.05) is 0 Å². The van der Waals surface area contributed by atoms with E-state index >= 15 is 0 Å². The fraction of sp³-hybridized carbons (Fsp3) is 0.900. The molecule has 0 fully saturated rings. The van der Waals surface area contributed by atoms with E-state index in [-0.39, 0.29) is 0 Å². The Balaban J connectivity index is 3.94. The van der Waals surface area contributed by atoms with E-state index in [0.717, 1.165) is 11.8 Å². The zero-order valence-corrected chi connectivity index (χ0v) is 15.4. The maximum absolute atomic E-state index is 2.49. The van der Waals surface area contributed by atoms with Gasteiger partial charge >= 0.3 is 0 Å². The van der Waals surface area contributed by atoms with Gasteiger partial charge in [-0.25, -0.2) is 0 Å². The van der Waals surface area contributed by atoms with E-state index in [4.69, 9.17) is 0 Å². The molecule has 0 N–H and O–H groups in total. The van der Waals surface area contributed by atoms with Gasteiger partial charge in [-0.2, -0.15) is 0 Å². The van der Waals surface area contributed by atoms with Gasteiger partial charge in [-0.1, -0.05) is 85.8 Å².